The van der Waals surface area contributed by atoms with Crippen molar-refractivity contribution in [3.05, 3.63) is 59.4 Å². The lowest BCUT2D eigenvalue weighted by Gasteiger charge is -2.42. The minimum Gasteiger partial charge on any atom is -0.395 e. The molecule has 2 aliphatic carbocycles. The maximum Gasteiger partial charge on any atom is 0.421 e. The first-order chi connectivity index (χ1) is 15.6. The topological polar surface area (TPSA) is 86.5 Å². The summed E-state index contributed by atoms with van der Waals surface area (Å²) in [6.07, 6.45) is 1.29. The van der Waals surface area contributed by atoms with E-state index in [1.165, 1.54) is 12.1 Å². The first-order valence-electron chi connectivity index (χ1n) is 11.2. The van der Waals surface area contributed by atoms with Crippen LogP contribution in [0, 0.1) is 0 Å². The predicted octanol–water partition coefficient (Wildman–Crippen LogP) is 3.72. The third-order valence-corrected chi connectivity index (χ3v) is 7.14. The first kappa shape index (κ1) is 23.6. The second-order valence-corrected chi connectivity index (χ2v) is 9.37. The van der Waals surface area contributed by atoms with Crippen LogP contribution < -0.4 is 0 Å². The van der Waals surface area contributed by atoms with Crippen molar-refractivity contribution in [2.75, 3.05) is 6.61 Å². The molecule has 1 aromatic carbocycles. The van der Waals surface area contributed by atoms with Crippen LogP contribution in [0.3, 0.4) is 0 Å². The summed E-state index contributed by atoms with van der Waals surface area (Å²) in [4.78, 5) is 15.2. The van der Waals surface area contributed by atoms with Crippen LogP contribution in [0.5, 0.6) is 0 Å². The summed E-state index contributed by atoms with van der Waals surface area (Å²) in [6.45, 7) is 0.656. The summed E-state index contributed by atoms with van der Waals surface area (Å²) >= 11 is 0. The minimum atomic E-state index is -4.82. The summed E-state index contributed by atoms with van der Waals surface area (Å²) in [5, 5.41) is 28.1. The average molecular weight is 464 g/mol. The van der Waals surface area contributed by atoms with Crippen molar-refractivity contribution < 1.29 is 28.2 Å². The van der Waals surface area contributed by atoms with Crippen molar-refractivity contribution in [2.24, 2.45) is 0 Å². The fraction of sp³-hybridized carbons (Fsp3) is 0.542. The van der Waals surface area contributed by atoms with Crippen LogP contribution in [-0.2, 0) is 11.0 Å². The molecule has 0 radical (unpaired) electrons. The van der Waals surface area contributed by atoms with E-state index in [0.717, 1.165) is 30.7 Å². The van der Waals surface area contributed by atoms with Crippen LogP contribution in [0.15, 0.2) is 42.6 Å². The smallest absolute Gasteiger partial charge is 0.395 e. The van der Waals surface area contributed by atoms with Gasteiger partial charge in [0.2, 0.25) is 0 Å². The predicted molar refractivity (Wildman–Crippen MR) is 114 cm³/mol. The largest absolute Gasteiger partial charge is 0.421 e. The molecule has 6 nitrogen and oxygen atoms in total. The highest BCUT2D eigenvalue weighted by Gasteiger charge is 2.51. The van der Waals surface area contributed by atoms with E-state index in [9.17, 15) is 28.2 Å². The van der Waals surface area contributed by atoms with Gasteiger partial charge < -0.3 is 15.1 Å². The van der Waals surface area contributed by atoms with Gasteiger partial charge in [0.25, 0.3) is 5.91 Å². The summed E-state index contributed by atoms with van der Waals surface area (Å²) in [7, 11) is 0. The molecular weight excluding hydrogens is 435 g/mol. The monoisotopic (exact) mass is 463 g/mol. The van der Waals surface area contributed by atoms with Crippen molar-refractivity contribution in [3.63, 3.8) is 0 Å². The molecule has 33 heavy (non-hydrogen) atoms. The second kappa shape index (κ2) is 8.68. The number of aliphatic hydroxyl groups is 2. The minimum absolute atomic E-state index is 0.0145. The Morgan fingerprint density at radius 2 is 1.70 bits per heavy atom. The first-order valence-corrected chi connectivity index (χ1v) is 11.2. The van der Waals surface area contributed by atoms with Gasteiger partial charge in [0.1, 0.15) is 0 Å². The number of carbonyl (C=O) groups excluding carboxylic acids is 1. The molecule has 178 valence electrons. The molecule has 1 aromatic heterocycles. The number of hydrogen-bond donors (Lipinski definition) is 2. The number of nitrogens with zero attached hydrogens (tertiary/aromatic N) is 3. The van der Waals surface area contributed by atoms with E-state index in [1.54, 1.807) is 12.3 Å². The Morgan fingerprint density at radius 3 is 2.18 bits per heavy atom. The van der Waals surface area contributed by atoms with Gasteiger partial charge in [0.05, 0.1) is 12.3 Å². The van der Waals surface area contributed by atoms with Gasteiger partial charge in [0.15, 0.2) is 5.60 Å². The molecule has 0 aliphatic heterocycles. The van der Waals surface area contributed by atoms with Gasteiger partial charge in [-0.05, 0) is 75.3 Å². The molecule has 2 aromatic rings. The van der Waals surface area contributed by atoms with Gasteiger partial charge in [-0.15, -0.1) is 0 Å². The number of aromatic nitrogens is 2. The highest BCUT2D eigenvalue weighted by Crippen LogP contribution is 2.43. The summed E-state index contributed by atoms with van der Waals surface area (Å²) in [6, 6.07) is 8.81. The molecule has 0 bridgehead atoms. The van der Waals surface area contributed by atoms with Crippen molar-refractivity contribution in [1.29, 1.82) is 0 Å². The second-order valence-electron chi connectivity index (χ2n) is 9.37. The molecule has 2 saturated carbocycles. The lowest BCUT2D eigenvalue weighted by Crippen LogP contribution is -2.47. The van der Waals surface area contributed by atoms with Crippen molar-refractivity contribution >= 4 is 5.91 Å². The van der Waals surface area contributed by atoms with Gasteiger partial charge in [-0.1, -0.05) is 12.1 Å². The van der Waals surface area contributed by atoms with Crippen LogP contribution in [-0.4, -0.2) is 56.1 Å². The van der Waals surface area contributed by atoms with Gasteiger partial charge >= 0.3 is 6.18 Å². The zero-order valence-corrected chi connectivity index (χ0v) is 18.4. The molecule has 0 saturated heterocycles. The van der Waals surface area contributed by atoms with Gasteiger partial charge in [-0.3, -0.25) is 4.79 Å². The Labute approximate surface area is 190 Å². The fourth-order valence-corrected chi connectivity index (χ4v) is 4.75. The average Bonchev–Trinajstić information content (AvgIpc) is 3.65. The maximum atomic E-state index is 13.4. The SMILES string of the molecule is CC(O)(c1ccc(C(=O)N(C2CC2)C2CCC(CO)(c3cccnn3)CC2)cc1)C(F)(F)F. The molecule has 1 atom stereocenters. The Kier molecular flexibility index (Phi) is 6.22. The molecule has 4 rings (SSSR count). The number of alkyl halides is 3. The van der Waals surface area contributed by atoms with E-state index in [0.29, 0.717) is 38.2 Å². The Balaban J connectivity index is 1.50. The maximum absolute atomic E-state index is 13.4. The number of amides is 1. The van der Waals surface area contributed by atoms with E-state index < -0.39 is 17.2 Å². The van der Waals surface area contributed by atoms with Gasteiger partial charge in [-0.25, -0.2) is 0 Å². The van der Waals surface area contributed by atoms with Crippen molar-refractivity contribution in [1.82, 2.24) is 15.1 Å². The zero-order valence-electron chi connectivity index (χ0n) is 18.4. The van der Waals surface area contributed by atoms with E-state index in [-0.39, 0.29) is 30.2 Å². The van der Waals surface area contributed by atoms with Crippen LogP contribution in [0.25, 0.3) is 0 Å². The van der Waals surface area contributed by atoms with Gasteiger partial charge in [-0.2, -0.15) is 23.4 Å². The molecule has 1 unspecified atom stereocenters. The third-order valence-electron chi connectivity index (χ3n) is 7.14. The van der Waals surface area contributed by atoms with Crippen molar-refractivity contribution in [2.45, 2.75) is 74.7 Å². The molecule has 2 N–H and O–H groups in total. The van der Waals surface area contributed by atoms with E-state index in [2.05, 4.69) is 10.2 Å². The van der Waals surface area contributed by atoms with E-state index in [1.807, 2.05) is 11.0 Å². The van der Waals surface area contributed by atoms with Crippen LogP contribution in [0.4, 0.5) is 13.2 Å². The standard InChI is InChI=1S/C24H28F3N3O3/c1-22(33,24(25,26)27)17-6-4-16(5-7-17)21(32)30(18-8-9-18)19-10-12-23(15-31,13-11-19)20-3-2-14-28-29-20/h2-7,14,18-19,31,33H,8-13,15H2,1H3. The van der Waals surface area contributed by atoms with Crippen LogP contribution in [0.1, 0.15) is 67.1 Å². The molecular formula is C24H28F3N3O3. The third kappa shape index (κ3) is 4.48. The van der Waals surface area contributed by atoms with Gasteiger partial charge in [0, 0.05) is 29.3 Å². The molecule has 2 fully saturated rings. The molecule has 0 spiro atoms. The number of halogens is 3. The molecule has 2 aliphatic rings. The lowest BCUT2D eigenvalue weighted by atomic mass is 9.70. The Morgan fingerprint density at radius 1 is 1.09 bits per heavy atom. The Bertz CT molecular complexity index is 968. The highest BCUT2D eigenvalue weighted by molar-refractivity contribution is 5.95. The summed E-state index contributed by atoms with van der Waals surface area (Å²) < 4.78 is 39.4. The molecule has 1 heterocycles. The number of rotatable bonds is 6. The van der Waals surface area contributed by atoms with Crippen LogP contribution >= 0.6 is 0 Å². The molecule has 1 amide bonds. The highest BCUT2D eigenvalue weighted by atomic mass is 19.4. The van der Waals surface area contributed by atoms with E-state index in [4.69, 9.17) is 0 Å². The van der Waals surface area contributed by atoms with Crippen molar-refractivity contribution in [3.8, 4) is 0 Å². The quantitative estimate of drug-likeness (QED) is 0.682. The number of aliphatic hydroxyl groups excluding tert-OH is 1. The number of benzene rings is 1. The summed E-state index contributed by atoms with van der Waals surface area (Å²) in [5.74, 6) is -0.211. The number of hydrogen-bond acceptors (Lipinski definition) is 5. The summed E-state index contributed by atoms with van der Waals surface area (Å²) in [5.41, 5.74) is -2.71. The Hall–Kier alpha value is -2.52. The molecule has 9 heteroatoms. The number of carbonyl (C=O) groups is 1. The fourth-order valence-electron chi connectivity index (χ4n) is 4.75. The van der Waals surface area contributed by atoms with E-state index >= 15 is 0 Å². The zero-order chi connectivity index (χ0) is 23.9. The van der Waals surface area contributed by atoms with Crippen LogP contribution in [0.2, 0.25) is 0 Å². The normalized spacial score (nSPS) is 25.3. The lowest BCUT2D eigenvalue weighted by molar-refractivity contribution is -0.258.